The van der Waals surface area contributed by atoms with Gasteiger partial charge in [-0.05, 0) is 56.2 Å². The Morgan fingerprint density at radius 3 is 2.44 bits per heavy atom. The number of rotatable bonds is 6. The monoisotopic (exact) mass is 479 g/mol. The lowest BCUT2D eigenvalue weighted by molar-refractivity contribution is -0.137. The van der Waals surface area contributed by atoms with Crippen molar-refractivity contribution in [2.45, 2.75) is 39.3 Å². The minimum Gasteiger partial charge on any atom is -0.372 e. The minimum absolute atomic E-state index is 0.00720. The largest absolute Gasteiger partial charge is 0.417 e. The van der Waals surface area contributed by atoms with Crippen LogP contribution in [0.25, 0.3) is 0 Å². The highest BCUT2D eigenvalue weighted by atomic mass is 19.4. The minimum atomic E-state index is -4.59. The summed E-state index contributed by atoms with van der Waals surface area (Å²) in [5.41, 5.74) is -0.865. The van der Waals surface area contributed by atoms with E-state index in [9.17, 15) is 22.8 Å². The highest BCUT2D eigenvalue weighted by Crippen LogP contribution is 2.39. The highest BCUT2D eigenvalue weighted by molar-refractivity contribution is 5.82. The Morgan fingerprint density at radius 2 is 1.85 bits per heavy atom. The number of anilines is 1. The van der Waals surface area contributed by atoms with Crippen LogP contribution in [-0.2, 0) is 11.0 Å². The SMILES string of the molecule is CCCNC(=O)N1C[C@@H](C(=O)NCC)[C@H](C2CCN(c3ccc(C#N)c(C(F)(F)F)c3)CC2)C1. The zero-order valence-corrected chi connectivity index (χ0v) is 19.6. The topological polar surface area (TPSA) is 88.5 Å². The van der Waals surface area contributed by atoms with E-state index < -0.39 is 11.7 Å². The van der Waals surface area contributed by atoms with E-state index in [0.717, 1.165) is 12.5 Å². The Morgan fingerprint density at radius 1 is 1.15 bits per heavy atom. The van der Waals surface area contributed by atoms with Crippen molar-refractivity contribution < 1.29 is 22.8 Å². The van der Waals surface area contributed by atoms with E-state index in [-0.39, 0.29) is 35.3 Å². The normalized spacial score (nSPS) is 21.3. The van der Waals surface area contributed by atoms with Crippen LogP contribution in [0.4, 0.5) is 23.7 Å². The molecule has 2 atom stereocenters. The fraction of sp³-hybridized carbons (Fsp3) is 0.625. The summed E-state index contributed by atoms with van der Waals surface area (Å²) in [5.74, 6) is -0.153. The Kier molecular flexibility index (Phi) is 8.28. The van der Waals surface area contributed by atoms with Gasteiger partial charge in [0.1, 0.15) is 0 Å². The fourth-order valence-corrected chi connectivity index (χ4v) is 5.05. The van der Waals surface area contributed by atoms with Gasteiger partial charge in [0, 0.05) is 45.0 Å². The number of alkyl halides is 3. The molecule has 2 saturated heterocycles. The lowest BCUT2D eigenvalue weighted by atomic mass is 9.78. The molecule has 7 nitrogen and oxygen atoms in total. The maximum Gasteiger partial charge on any atom is 0.417 e. The number of carbonyl (C=O) groups excluding carboxylic acids is 2. The van der Waals surface area contributed by atoms with Gasteiger partial charge in [-0.25, -0.2) is 4.79 Å². The molecule has 0 unspecified atom stereocenters. The van der Waals surface area contributed by atoms with Crippen molar-refractivity contribution in [3.63, 3.8) is 0 Å². The number of nitrogens with zero attached hydrogens (tertiary/aromatic N) is 3. The Balaban J connectivity index is 1.70. The number of nitriles is 1. The number of urea groups is 1. The molecule has 186 valence electrons. The second-order valence-electron chi connectivity index (χ2n) is 8.97. The molecule has 0 aromatic heterocycles. The van der Waals surface area contributed by atoms with E-state index >= 15 is 0 Å². The van der Waals surface area contributed by atoms with Gasteiger partial charge in [0.2, 0.25) is 5.91 Å². The summed E-state index contributed by atoms with van der Waals surface area (Å²) in [6, 6.07) is 5.28. The summed E-state index contributed by atoms with van der Waals surface area (Å²) in [7, 11) is 0. The van der Waals surface area contributed by atoms with Gasteiger partial charge in [-0.2, -0.15) is 18.4 Å². The van der Waals surface area contributed by atoms with Crippen molar-refractivity contribution in [2.75, 3.05) is 44.2 Å². The number of benzene rings is 1. The molecule has 10 heteroatoms. The van der Waals surface area contributed by atoms with Crippen LogP contribution in [0.1, 0.15) is 44.2 Å². The summed E-state index contributed by atoms with van der Waals surface area (Å²) in [6.07, 6.45) is -2.34. The number of hydrogen-bond acceptors (Lipinski definition) is 4. The first-order chi connectivity index (χ1) is 16.2. The first kappa shape index (κ1) is 25.7. The van der Waals surface area contributed by atoms with Crippen LogP contribution in [0.5, 0.6) is 0 Å². The van der Waals surface area contributed by atoms with Crippen LogP contribution >= 0.6 is 0 Å². The van der Waals surface area contributed by atoms with Crippen molar-refractivity contribution in [1.29, 1.82) is 5.26 Å². The average molecular weight is 480 g/mol. The van der Waals surface area contributed by atoms with Crippen molar-refractivity contribution >= 4 is 17.6 Å². The summed E-state index contributed by atoms with van der Waals surface area (Å²) in [5, 5.41) is 14.8. The van der Waals surface area contributed by atoms with E-state index in [0.29, 0.717) is 57.8 Å². The first-order valence-electron chi connectivity index (χ1n) is 11.9. The van der Waals surface area contributed by atoms with Crippen LogP contribution in [0.2, 0.25) is 0 Å². The first-order valence-corrected chi connectivity index (χ1v) is 11.9. The number of halogens is 3. The molecule has 2 fully saturated rings. The molecule has 0 spiro atoms. The Labute approximate surface area is 198 Å². The van der Waals surface area contributed by atoms with E-state index in [1.807, 2.05) is 18.7 Å². The third-order valence-corrected chi connectivity index (χ3v) is 6.81. The molecule has 2 aliphatic heterocycles. The van der Waals surface area contributed by atoms with Gasteiger partial charge in [-0.15, -0.1) is 0 Å². The lowest BCUT2D eigenvalue weighted by Crippen LogP contribution is -2.41. The molecule has 0 aliphatic carbocycles. The van der Waals surface area contributed by atoms with Gasteiger partial charge in [0.15, 0.2) is 0 Å². The van der Waals surface area contributed by atoms with Crippen LogP contribution in [0.15, 0.2) is 18.2 Å². The number of carbonyl (C=O) groups is 2. The fourth-order valence-electron chi connectivity index (χ4n) is 5.05. The number of amides is 3. The number of piperidine rings is 1. The third-order valence-electron chi connectivity index (χ3n) is 6.81. The number of likely N-dealkylation sites (tertiary alicyclic amines) is 1. The molecule has 2 aliphatic rings. The van der Waals surface area contributed by atoms with Gasteiger partial charge in [-0.3, -0.25) is 4.79 Å². The van der Waals surface area contributed by atoms with E-state index in [1.54, 1.807) is 17.0 Å². The highest BCUT2D eigenvalue weighted by Gasteiger charge is 2.44. The van der Waals surface area contributed by atoms with Gasteiger partial charge in [-0.1, -0.05) is 6.92 Å². The molecule has 3 rings (SSSR count). The van der Waals surface area contributed by atoms with Gasteiger partial charge in [0.05, 0.1) is 23.1 Å². The van der Waals surface area contributed by atoms with Crippen LogP contribution in [0, 0.1) is 29.1 Å². The molecule has 2 N–H and O–H groups in total. The van der Waals surface area contributed by atoms with E-state index in [2.05, 4.69) is 10.6 Å². The second kappa shape index (κ2) is 11.0. The zero-order valence-electron chi connectivity index (χ0n) is 19.6. The average Bonchev–Trinajstić information content (AvgIpc) is 3.27. The molecule has 3 amide bonds. The van der Waals surface area contributed by atoms with Gasteiger partial charge >= 0.3 is 12.2 Å². The molecule has 0 radical (unpaired) electrons. The molecular formula is C24H32F3N5O2. The smallest absolute Gasteiger partial charge is 0.372 e. The standard InChI is InChI=1S/C24H32F3N5O2/c1-3-9-30-23(34)32-14-19(20(15-32)22(33)29-4-2)16-7-10-31(11-8-16)18-6-5-17(13-28)21(12-18)24(25,26)27/h5-6,12,16,19-20H,3-4,7-11,14-15H2,1-2H3,(H,29,33)(H,30,34)/t19-,20+/m0/s1. The predicted molar refractivity (Wildman–Crippen MR) is 122 cm³/mol. The predicted octanol–water partition coefficient (Wildman–Crippen LogP) is 3.60. The quantitative estimate of drug-likeness (QED) is 0.653. The molecule has 0 saturated carbocycles. The molecule has 1 aromatic carbocycles. The summed E-state index contributed by atoms with van der Waals surface area (Å²) in [4.78, 5) is 28.9. The number of hydrogen-bond donors (Lipinski definition) is 2. The summed E-state index contributed by atoms with van der Waals surface area (Å²) < 4.78 is 40.1. The third kappa shape index (κ3) is 5.75. The molecule has 1 aromatic rings. The van der Waals surface area contributed by atoms with Crippen LogP contribution in [0.3, 0.4) is 0 Å². The van der Waals surface area contributed by atoms with Gasteiger partial charge in [0.25, 0.3) is 0 Å². The molecule has 0 bridgehead atoms. The maximum atomic E-state index is 13.4. The van der Waals surface area contributed by atoms with Crippen molar-refractivity contribution in [3.05, 3.63) is 29.3 Å². The maximum absolute atomic E-state index is 13.4. The Hall–Kier alpha value is -2.96. The molecule has 34 heavy (non-hydrogen) atoms. The van der Waals surface area contributed by atoms with Crippen LogP contribution in [-0.4, -0.2) is 56.1 Å². The number of nitrogens with one attached hydrogen (secondary N) is 2. The van der Waals surface area contributed by atoms with E-state index in [4.69, 9.17) is 5.26 Å². The van der Waals surface area contributed by atoms with Crippen molar-refractivity contribution in [1.82, 2.24) is 15.5 Å². The van der Waals surface area contributed by atoms with Crippen molar-refractivity contribution in [3.8, 4) is 6.07 Å². The van der Waals surface area contributed by atoms with Gasteiger partial charge < -0.3 is 20.4 Å². The molecular weight excluding hydrogens is 447 g/mol. The summed E-state index contributed by atoms with van der Waals surface area (Å²) in [6.45, 7) is 6.90. The molecule has 2 heterocycles. The zero-order chi connectivity index (χ0) is 24.9. The van der Waals surface area contributed by atoms with E-state index in [1.165, 1.54) is 6.07 Å². The summed E-state index contributed by atoms with van der Waals surface area (Å²) >= 11 is 0. The Bertz CT molecular complexity index is 922. The lowest BCUT2D eigenvalue weighted by Gasteiger charge is -2.37. The van der Waals surface area contributed by atoms with Crippen LogP contribution < -0.4 is 15.5 Å². The van der Waals surface area contributed by atoms with Crippen molar-refractivity contribution in [2.24, 2.45) is 17.8 Å². The second-order valence-corrected chi connectivity index (χ2v) is 8.97.